The molecule has 1 heterocycles. The second kappa shape index (κ2) is 6.32. The van der Waals surface area contributed by atoms with E-state index in [4.69, 9.17) is 10.2 Å². The van der Waals surface area contributed by atoms with Crippen LogP contribution in [0.2, 0.25) is 0 Å². The van der Waals surface area contributed by atoms with Crippen molar-refractivity contribution in [2.75, 3.05) is 6.61 Å². The Labute approximate surface area is 121 Å². The molecule has 0 unspecified atom stereocenters. The minimum Gasteiger partial charge on any atom is -0.480 e. The number of aliphatic hydroxyl groups is 1. The molecule has 1 aromatic carbocycles. The van der Waals surface area contributed by atoms with Crippen LogP contribution in [-0.4, -0.2) is 39.7 Å². The molecule has 0 aliphatic heterocycles. The maximum Gasteiger partial charge on any atom is 0.326 e. The molecule has 1 aromatic heterocycles. The summed E-state index contributed by atoms with van der Waals surface area (Å²) < 4.78 is 0. The van der Waals surface area contributed by atoms with E-state index in [0.29, 0.717) is 22.2 Å². The van der Waals surface area contributed by atoms with E-state index in [2.05, 4.69) is 10.3 Å². The number of aryl methyl sites for hydroxylation is 1. The highest BCUT2D eigenvalue weighted by atomic mass is 16.4. The number of rotatable bonds is 5. The number of para-hydroxylation sites is 1. The van der Waals surface area contributed by atoms with Crippen LogP contribution in [0.25, 0.3) is 10.9 Å². The molecule has 0 aliphatic rings. The molecule has 6 nitrogen and oxygen atoms in total. The van der Waals surface area contributed by atoms with Gasteiger partial charge in [-0.25, -0.2) is 4.79 Å². The molecule has 0 bridgehead atoms. The van der Waals surface area contributed by atoms with E-state index in [0.717, 1.165) is 0 Å². The highest BCUT2D eigenvalue weighted by Gasteiger charge is 2.21. The van der Waals surface area contributed by atoms with Gasteiger partial charge in [-0.05, 0) is 19.1 Å². The van der Waals surface area contributed by atoms with E-state index in [1.807, 2.05) is 6.07 Å². The Bertz CT molecular complexity index is 684. The first kappa shape index (κ1) is 14.9. The normalized spacial score (nSPS) is 12.1. The number of hydrogen-bond acceptors (Lipinski definition) is 4. The standard InChI is InChI=1S/C15H16N2O4/c1-9-8-11(10-4-2-3-5-12(10)16-9)14(19)17-13(6-7-18)15(20)21/h2-5,8,13,18H,6-7H2,1H3,(H,17,19)(H,20,21)/t13-/m0/s1. The minimum atomic E-state index is -1.17. The Hall–Kier alpha value is -2.47. The number of carbonyl (C=O) groups is 2. The van der Waals surface area contributed by atoms with Gasteiger partial charge in [0.05, 0.1) is 11.1 Å². The van der Waals surface area contributed by atoms with E-state index < -0.39 is 17.9 Å². The average Bonchev–Trinajstić information content (AvgIpc) is 2.45. The van der Waals surface area contributed by atoms with Crippen LogP contribution in [0.15, 0.2) is 30.3 Å². The lowest BCUT2D eigenvalue weighted by Gasteiger charge is -2.14. The van der Waals surface area contributed by atoms with E-state index in [-0.39, 0.29) is 13.0 Å². The number of hydrogen-bond donors (Lipinski definition) is 3. The smallest absolute Gasteiger partial charge is 0.326 e. The number of carboxylic acids is 1. The number of amides is 1. The number of nitrogens with zero attached hydrogens (tertiary/aromatic N) is 1. The zero-order chi connectivity index (χ0) is 15.4. The molecular weight excluding hydrogens is 272 g/mol. The van der Waals surface area contributed by atoms with Crippen molar-refractivity contribution in [3.63, 3.8) is 0 Å². The summed E-state index contributed by atoms with van der Waals surface area (Å²) in [6, 6.07) is 7.67. The largest absolute Gasteiger partial charge is 0.480 e. The fourth-order valence-electron chi connectivity index (χ4n) is 2.12. The molecule has 1 atom stereocenters. The Morgan fingerprint density at radius 3 is 2.71 bits per heavy atom. The summed E-state index contributed by atoms with van der Waals surface area (Å²) in [5.74, 6) is -1.66. The third-order valence-electron chi connectivity index (χ3n) is 3.11. The van der Waals surface area contributed by atoms with Gasteiger partial charge in [0.15, 0.2) is 0 Å². The summed E-state index contributed by atoms with van der Waals surface area (Å²) in [5.41, 5.74) is 1.73. The summed E-state index contributed by atoms with van der Waals surface area (Å²) in [6.45, 7) is 1.46. The van der Waals surface area contributed by atoms with Crippen LogP contribution < -0.4 is 5.32 Å². The van der Waals surface area contributed by atoms with Gasteiger partial charge >= 0.3 is 5.97 Å². The van der Waals surface area contributed by atoms with Gasteiger partial charge in [-0.3, -0.25) is 9.78 Å². The summed E-state index contributed by atoms with van der Waals surface area (Å²) in [7, 11) is 0. The van der Waals surface area contributed by atoms with Crippen molar-refractivity contribution in [1.82, 2.24) is 10.3 Å². The Morgan fingerprint density at radius 2 is 2.05 bits per heavy atom. The van der Waals surface area contributed by atoms with Gasteiger partial charge in [0.2, 0.25) is 0 Å². The Morgan fingerprint density at radius 1 is 1.33 bits per heavy atom. The monoisotopic (exact) mass is 288 g/mol. The maximum atomic E-state index is 12.3. The first-order chi connectivity index (χ1) is 10.0. The molecule has 2 aromatic rings. The second-order valence-corrected chi connectivity index (χ2v) is 4.70. The van der Waals surface area contributed by atoms with Crippen molar-refractivity contribution in [1.29, 1.82) is 0 Å². The molecule has 21 heavy (non-hydrogen) atoms. The van der Waals surface area contributed by atoms with Crippen molar-refractivity contribution in [2.45, 2.75) is 19.4 Å². The molecule has 6 heteroatoms. The van der Waals surface area contributed by atoms with Crippen molar-refractivity contribution in [3.8, 4) is 0 Å². The fraction of sp³-hybridized carbons (Fsp3) is 0.267. The van der Waals surface area contributed by atoms with Crippen LogP contribution in [0.1, 0.15) is 22.5 Å². The number of benzene rings is 1. The topological polar surface area (TPSA) is 99.5 Å². The molecule has 0 fully saturated rings. The zero-order valence-electron chi connectivity index (χ0n) is 11.5. The summed E-state index contributed by atoms with van der Waals surface area (Å²) >= 11 is 0. The second-order valence-electron chi connectivity index (χ2n) is 4.70. The van der Waals surface area contributed by atoms with Gasteiger partial charge in [-0.2, -0.15) is 0 Å². The van der Waals surface area contributed by atoms with Gasteiger partial charge in [0, 0.05) is 24.1 Å². The number of aliphatic carboxylic acids is 1. The molecule has 0 spiro atoms. The van der Waals surface area contributed by atoms with E-state index in [1.165, 1.54) is 0 Å². The quantitative estimate of drug-likeness (QED) is 0.765. The average molecular weight is 288 g/mol. The zero-order valence-corrected chi connectivity index (χ0v) is 11.5. The molecule has 0 saturated heterocycles. The van der Waals surface area contributed by atoms with Gasteiger partial charge < -0.3 is 15.5 Å². The first-order valence-electron chi connectivity index (χ1n) is 6.54. The van der Waals surface area contributed by atoms with E-state index in [1.54, 1.807) is 31.2 Å². The lowest BCUT2D eigenvalue weighted by molar-refractivity contribution is -0.139. The third-order valence-corrected chi connectivity index (χ3v) is 3.11. The SMILES string of the molecule is Cc1cc(C(=O)N[C@@H](CCO)C(=O)O)c2ccccc2n1. The van der Waals surface area contributed by atoms with E-state index >= 15 is 0 Å². The van der Waals surface area contributed by atoms with Crippen molar-refractivity contribution < 1.29 is 19.8 Å². The fourth-order valence-corrected chi connectivity index (χ4v) is 2.12. The van der Waals surface area contributed by atoms with Crippen molar-refractivity contribution in [2.24, 2.45) is 0 Å². The number of aliphatic hydroxyl groups excluding tert-OH is 1. The molecule has 0 saturated carbocycles. The Kier molecular flexibility index (Phi) is 4.49. The molecule has 2 rings (SSSR count). The lowest BCUT2D eigenvalue weighted by Crippen LogP contribution is -2.41. The summed E-state index contributed by atoms with van der Waals surface area (Å²) in [4.78, 5) is 27.7. The summed E-state index contributed by atoms with van der Waals surface area (Å²) in [6.07, 6.45) is -0.0386. The predicted octanol–water partition coefficient (Wildman–Crippen LogP) is 1.11. The van der Waals surface area contributed by atoms with Gasteiger partial charge in [0.25, 0.3) is 5.91 Å². The third kappa shape index (κ3) is 3.35. The van der Waals surface area contributed by atoms with Crippen LogP contribution in [0.5, 0.6) is 0 Å². The maximum absolute atomic E-state index is 12.3. The van der Waals surface area contributed by atoms with Crippen molar-refractivity contribution >= 4 is 22.8 Å². The van der Waals surface area contributed by atoms with Gasteiger partial charge in [0.1, 0.15) is 6.04 Å². The number of fused-ring (bicyclic) bond motifs is 1. The number of aromatic nitrogens is 1. The molecule has 1 amide bonds. The predicted molar refractivity (Wildman–Crippen MR) is 77.1 cm³/mol. The van der Waals surface area contributed by atoms with E-state index in [9.17, 15) is 9.59 Å². The number of carbonyl (C=O) groups excluding carboxylic acids is 1. The van der Waals surface area contributed by atoms with Gasteiger partial charge in [-0.15, -0.1) is 0 Å². The lowest BCUT2D eigenvalue weighted by atomic mass is 10.1. The molecule has 0 radical (unpaired) electrons. The molecule has 110 valence electrons. The van der Waals surface area contributed by atoms with Crippen LogP contribution >= 0.6 is 0 Å². The van der Waals surface area contributed by atoms with Crippen LogP contribution in [-0.2, 0) is 4.79 Å². The molecule has 0 aliphatic carbocycles. The number of nitrogens with one attached hydrogen (secondary N) is 1. The highest BCUT2D eigenvalue weighted by molar-refractivity contribution is 6.07. The highest BCUT2D eigenvalue weighted by Crippen LogP contribution is 2.18. The van der Waals surface area contributed by atoms with Crippen LogP contribution in [0, 0.1) is 6.92 Å². The first-order valence-corrected chi connectivity index (χ1v) is 6.54. The van der Waals surface area contributed by atoms with Gasteiger partial charge in [-0.1, -0.05) is 18.2 Å². The van der Waals surface area contributed by atoms with Crippen molar-refractivity contribution in [3.05, 3.63) is 41.6 Å². The summed E-state index contributed by atoms with van der Waals surface area (Å²) in [5, 5.41) is 21.0. The van der Waals surface area contributed by atoms with Crippen LogP contribution in [0.3, 0.4) is 0 Å². The minimum absolute atomic E-state index is 0.0386. The molecule has 3 N–H and O–H groups in total. The Balaban J connectivity index is 2.37. The number of carboxylic acid groups (broad SMARTS) is 1. The number of pyridine rings is 1. The molecular formula is C15H16N2O4. The van der Waals surface area contributed by atoms with Crippen LogP contribution in [0.4, 0.5) is 0 Å².